The third kappa shape index (κ3) is 3.05. The van der Waals surface area contributed by atoms with Crippen molar-refractivity contribution >= 4 is 0 Å². The Morgan fingerprint density at radius 1 is 1.06 bits per heavy atom. The molecule has 1 aliphatic heterocycles. The summed E-state index contributed by atoms with van der Waals surface area (Å²) < 4.78 is 0. The number of hydrogen-bond donors (Lipinski definition) is 1. The second-order valence-electron chi connectivity index (χ2n) is 7.32. The Kier molecular flexibility index (Phi) is 4.18. The Bertz CT molecular complexity index is 244. The lowest BCUT2D eigenvalue weighted by Gasteiger charge is -2.45. The van der Waals surface area contributed by atoms with Gasteiger partial charge in [0.05, 0.1) is 0 Å². The predicted molar refractivity (Wildman–Crippen MR) is 75.2 cm³/mol. The first-order valence-corrected chi connectivity index (χ1v) is 7.79. The van der Waals surface area contributed by atoms with Crippen molar-refractivity contribution in [1.29, 1.82) is 0 Å². The first-order valence-electron chi connectivity index (χ1n) is 7.79. The molecule has 17 heavy (non-hydrogen) atoms. The van der Waals surface area contributed by atoms with Crippen LogP contribution in [0.4, 0.5) is 0 Å². The van der Waals surface area contributed by atoms with Crippen LogP contribution in [0.25, 0.3) is 0 Å². The van der Waals surface area contributed by atoms with E-state index in [4.69, 9.17) is 0 Å². The molecule has 1 spiro atoms. The van der Waals surface area contributed by atoms with Crippen LogP contribution in [0.5, 0.6) is 0 Å². The average Bonchev–Trinajstić information content (AvgIpc) is 2.43. The molecule has 0 aromatic rings. The quantitative estimate of drug-likeness (QED) is 0.752. The van der Waals surface area contributed by atoms with E-state index >= 15 is 0 Å². The summed E-state index contributed by atoms with van der Waals surface area (Å²) in [7, 11) is 0. The normalized spacial score (nSPS) is 37.9. The topological polar surface area (TPSA) is 12.0 Å². The van der Waals surface area contributed by atoms with Crippen LogP contribution >= 0.6 is 0 Å². The molecule has 1 saturated heterocycles. The number of hydrogen-bond acceptors (Lipinski definition) is 1. The molecule has 2 fully saturated rings. The van der Waals surface area contributed by atoms with Crippen molar-refractivity contribution in [1.82, 2.24) is 5.32 Å². The minimum absolute atomic E-state index is 0.602. The van der Waals surface area contributed by atoms with E-state index in [1.807, 2.05) is 0 Å². The third-order valence-electron chi connectivity index (χ3n) is 5.52. The summed E-state index contributed by atoms with van der Waals surface area (Å²) in [5.41, 5.74) is 1.31. The average molecular weight is 237 g/mol. The van der Waals surface area contributed by atoms with E-state index in [1.54, 1.807) is 0 Å². The molecule has 0 radical (unpaired) electrons. The van der Waals surface area contributed by atoms with Crippen molar-refractivity contribution in [3.63, 3.8) is 0 Å². The van der Waals surface area contributed by atoms with Gasteiger partial charge in [-0.1, -0.05) is 33.6 Å². The first-order chi connectivity index (χ1) is 8.08. The van der Waals surface area contributed by atoms with Gasteiger partial charge in [-0.2, -0.15) is 0 Å². The first kappa shape index (κ1) is 13.4. The molecule has 2 aliphatic rings. The summed E-state index contributed by atoms with van der Waals surface area (Å²) >= 11 is 0. The van der Waals surface area contributed by atoms with Crippen LogP contribution in [0.2, 0.25) is 0 Å². The second kappa shape index (κ2) is 5.30. The zero-order valence-electron chi connectivity index (χ0n) is 12.1. The third-order valence-corrected chi connectivity index (χ3v) is 5.52. The summed E-state index contributed by atoms with van der Waals surface area (Å²) in [6.45, 7) is 9.85. The van der Waals surface area contributed by atoms with Crippen molar-refractivity contribution in [2.75, 3.05) is 13.1 Å². The Balaban J connectivity index is 2.08. The molecule has 2 atom stereocenters. The Labute approximate surface area is 108 Å². The maximum absolute atomic E-state index is 3.63. The van der Waals surface area contributed by atoms with Crippen LogP contribution in [0, 0.1) is 16.7 Å². The van der Waals surface area contributed by atoms with Gasteiger partial charge in [0.1, 0.15) is 0 Å². The highest BCUT2D eigenvalue weighted by Gasteiger charge is 2.42. The maximum atomic E-state index is 3.63. The standard InChI is InChI=1S/C16H31N/c1-4-6-14-13-17-12-11-16(14)8-5-7-15(2,3)9-10-16/h14,17H,4-13H2,1-3H3. The van der Waals surface area contributed by atoms with Crippen LogP contribution in [-0.4, -0.2) is 13.1 Å². The van der Waals surface area contributed by atoms with Crippen LogP contribution in [0.1, 0.15) is 72.1 Å². The summed E-state index contributed by atoms with van der Waals surface area (Å²) in [6, 6.07) is 0. The van der Waals surface area contributed by atoms with E-state index in [0.29, 0.717) is 10.8 Å². The Morgan fingerprint density at radius 3 is 2.65 bits per heavy atom. The van der Waals surface area contributed by atoms with Gasteiger partial charge < -0.3 is 5.32 Å². The lowest BCUT2D eigenvalue weighted by Crippen LogP contribution is -2.45. The summed E-state index contributed by atoms with van der Waals surface area (Å²) in [6.07, 6.45) is 11.6. The van der Waals surface area contributed by atoms with E-state index in [0.717, 1.165) is 5.92 Å². The highest BCUT2D eigenvalue weighted by Crippen LogP contribution is 2.50. The fourth-order valence-electron chi connectivity index (χ4n) is 4.21. The van der Waals surface area contributed by atoms with Gasteiger partial charge in [-0.25, -0.2) is 0 Å². The predicted octanol–water partition coefficient (Wildman–Crippen LogP) is 4.37. The molecular formula is C16H31N. The van der Waals surface area contributed by atoms with Crippen molar-refractivity contribution in [2.45, 2.75) is 72.1 Å². The molecule has 1 heteroatoms. The molecule has 1 nitrogen and oxygen atoms in total. The smallest absolute Gasteiger partial charge is 0.00152 e. The van der Waals surface area contributed by atoms with Crippen LogP contribution < -0.4 is 5.32 Å². The van der Waals surface area contributed by atoms with Gasteiger partial charge in [0.15, 0.2) is 0 Å². The van der Waals surface area contributed by atoms with Crippen LogP contribution in [0.3, 0.4) is 0 Å². The second-order valence-corrected chi connectivity index (χ2v) is 7.32. The van der Waals surface area contributed by atoms with Gasteiger partial charge in [-0.05, 0) is 68.4 Å². The molecule has 1 saturated carbocycles. The van der Waals surface area contributed by atoms with Crippen molar-refractivity contribution in [3.8, 4) is 0 Å². The molecule has 2 rings (SSSR count). The maximum Gasteiger partial charge on any atom is -0.00152 e. The highest BCUT2D eigenvalue weighted by molar-refractivity contribution is 4.94. The molecule has 1 heterocycles. The highest BCUT2D eigenvalue weighted by atomic mass is 14.9. The Morgan fingerprint density at radius 2 is 1.88 bits per heavy atom. The largest absolute Gasteiger partial charge is 0.316 e. The lowest BCUT2D eigenvalue weighted by molar-refractivity contribution is 0.0756. The summed E-state index contributed by atoms with van der Waals surface area (Å²) in [4.78, 5) is 0. The van der Waals surface area contributed by atoms with E-state index in [1.165, 1.54) is 64.5 Å². The van der Waals surface area contributed by atoms with Gasteiger partial charge in [-0.3, -0.25) is 0 Å². The van der Waals surface area contributed by atoms with Crippen molar-refractivity contribution in [2.24, 2.45) is 16.7 Å². The monoisotopic (exact) mass is 237 g/mol. The van der Waals surface area contributed by atoms with E-state index in [2.05, 4.69) is 26.1 Å². The van der Waals surface area contributed by atoms with E-state index < -0.39 is 0 Å². The Hall–Kier alpha value is -0.0400. The zero-order valence-corrected chi connectivity index (χ0v) is 12.1. The van der Waals surface area contributed by atoms with Crippen LogP contribution in [-0.2, 0) is 0 Å². The minimum atomic E-state index is 0.602. The molecule has 2 unspecified atom stereocenters. The zero-order chi connectivity index (χ0) is 12.4. The van der Waals surface area contributed by atoms with E-state index in [-0.39, 0.29) is 0 Å². The molecule has 0 aromatic heterocycles. The van der Waals surface area contributed by atoms with Crippen molar-refractivity contribution < 1.29 is 0 Å². The minimum Gasteiger partial charge on any atom is -0.316 e. The van der Waals surface area contributed by atoms with Crippen LogP contribution in [0.15, 0.2) is 0 Å². The molecule has 1 aliphatic carbocycles. The molecule has 100 valence electrons. The molecular weight excluding hydrogens is 206 g/mol. The van der Waals surface area contributed by atoms with Crippen molar-refractivity contribution in [3.05, 3.63) is 0 Å². The SMILES string of the molecule is CCCC1CNCCC12CCCC(C)(C)CC2. The molecule has 0 aromatic carbocycles. The number of rotatable bonds is 2. The van der Waals surface area contributed by atoms with Gasteiger partial charge in [0.2, 0.25) is 0 Å². The van der Waals surface area contributed by atoms with Gasteiger partial charge in [0, 0.05) is 0 Å². The number of nitrogens with one attached hydrogen (secondary N) is 1. The number of piperidine rings is 1. The summed E-state index contributed by atoms with van der Waals surface area (Å²) in [5, 5.41) is 3.63. The lowest BCUT2D eigenvalue weighted by atomic mass is 9.64. The molecule has 0 amide bonds. The fraction of sp³-hybridized carbons (Fsp3) is 1.00. The molecule has 1 N–H and O–H groups in total. The van der Waals surface area contributed by atoms with Gasteiger partial charge in [-0.15, -0.1) is 0 Å². The molecule has 0 bridgehead atoms. The summed E-state index contributed by atoms with van der Waals surface area (Å²) in [5.74, 6) is 0.954. The fourth-order valence-corrected chi connectivity index (χ4v) is 4.21. The van der Waals surface area contributed by atoms with Gasteiger partial charge >= 0.3 is 0 Å². The van der Waals surface area contributed by atoms with Gasteiger partial charge in [0.25, 0.3) is 0 Å². The van der Waals surface area contributed by atoms with E-state index in [9.17, 15) is 0 Å².